The van der Waals surface area contributed by atoms with Gasteiger partial charge < -0.3 is 9.26 Å². The Balaban J connectivity index is 1.42. The van der Waals surface area contributed by atoms with Crippen LogP contribution in [-0.2, 0) is 4.74 Å². The van der Waals surface area contributed by atoms with Crippen LogP contribution in [0.2, 0.25) is 5.02 Å². The first-order valence-corrected chi connectivity index (χ1v) is 12.5. The van der Waals surface area contributed by atoms with E-state index in [1.807, 2.05) is 49.4 Å². The smallest absolute Gasteiger partial charge is 0.282 e. The molecule has 176 valence electrons. The number of halogens is 1. The Morgan fingerprint density at radius 2 is 1.97 bits per heavy atom. The maximum Gasteiger partial charge on any atom is 0.282 e. The number of aryl methyl sites for hydroxylation is 1. The van der Waals surface area contributed by atoms with E-state index in [2.05, 4.69) is 10.1 Å². The lowest BCUT2D eigenvalue weighted by atomic mass is 10.1. The number of carbonyl (C=O) groups is 1. The van der Waals surface area contributed by atoms with Gasteiger partial charge >= 0.3 is 0 Å². The average Bonchev–Trinajstić information content (AvgIpc) is 3.51. The van der Waals surface area contributed by atoms with Gasteiger partial charge in [-0.15, -0.1) is 0 Å². The summed E-state index contributed by atoms with van der Waals surface area (Å²) in [6.07, 6.45) is 0.810. The van der Waals surface area contributed by atoms with Crippen molar-refractivity contribution < 1.29 is 14.1 Å². The van der Waals surface area contributed by atoms with Crippen LogP contribution in [0, 0.1) is 6.92 Å². The molecule has 0 radical (unpaired) electrons. The van der Waals surface area contributed by atoms with Gasteiger partial charge in [-0.2, -0.15) is 0 Å². The van der Waals surface area contributed by atoms with Crippen molar-refractivity contribution in [1.82, 2.24) is 15.0 Å². The van der Waals surface area contributed by atoms with Gasteiger partial charge in [0.2, 0.25) is 0 Å². The maximum absolute atomic E-state index is 13.6. The molecule has 0 bridgehead atoms. The Morgan fingerprint density at radius 1 is 1.18 bits per heavy atom. The van der Waals surface area contributed by atoms with Crippen molar-refractivity contribution in [2.24, 2.45) is 0 Å². The predicted octanol–water partition coefficient (Wildman–Crippen LogP) is 5.28. The number of amides is 1. The zero-order chi connectivity index (χ0) is 23.5. The zero-order valence-electron chi connectivity index (χ0n) is 18.9. The molecule has 1 aliphatic rings. The van der Waals surface area contributed by atoms with Gasteiger partial charge in [-0.25, -0.2) is 4.98 Å². The number of anilines is 1. The monoisotopic (exact) mass is 496 g/mol. The standard InChI is InChI=1S/C25H25ClN4O3S/c1-17-14-19(26)15-22-23(17)27-25(34-22)30(9-5-8-29-10-12-32-13-11-29)24(31)20-16-21(33-28-20)18-6-3-2-4-7-18/h2-4,6-7,14-16H,5,8-13H2,1H3. The highest BCUT2D eigenvalue weighted by molar-refractivity contribution is 7.22. The van der Waals surface area contributed by atoms with Crippen LogP contribution < -0.4 is 4.90 Å². The molecule has 34 heavy (non-hydrogen) atoms. The molecule has 1 fully saturated rings. The van der Waals surface area contributed by atoms with Crippen LogP contribution in [-0.4, -0.2) is 60.3 Å². The molecule has 1 aliphatic heterocycles. The highest BCUT2D eigenvalue weighted by Crippen LogP contribution is 2.34. The van der Waals surface area contributed by atoms with Crippen LogP contribution in [0.3, 0.4) is 0 Å². The van der Waals surface area contributed by atoms with Gasteiger partial charge in [0.25, 0.3) is 5.91 Å². The van der Waals surface area contributed by atoms with E-state index in [9.17, 15) is 4.79 Å². The van der Waals surface area contributed by atoms with Crippen LogP contribution in [0.1, 0.15) is 22.5 Å². The lowest BCUT2D eigenvalue weighted by molar-refractivity contribution is 0.0376. The fraction of sp³-hybridized carbons (Fsp3) is 0.320. The molecule has 2 aromatic heterocycles. The predicted molar refractivity (Wildman–Crippen MR) is 135 cm³/mol. The van der Waals surface area contributed by atoms with Crippen molar-refractivity contribution in [2.75, 3.05) is 44.3 Å². The summed E-state index contributed by atoms with van der Waals surface area (Å²) in [5.74, 6) is 0.333. The van der Waals surface area contributed by atoms with Gasteiger partial charge in [-0.3, -0.25) is 14.6 Å². The highest BCUT2D eigenvalue weighted by atomic mass is 35.5. The molecule has 0 saturated carbocycles. The van der Waals surface area contributed by atoms with E-state index in [0.29, 0.717) is 22.5 Å². The number of thiazole rings is 1. The van der Waals surface area contributed by atoms with Crippen molar-refractivity contribution in [2.45, 2.75) is 13.3 Å². The van der Waals surface area contributed by atoms with E-state index in [-0.39, 0.29) is 11.6 Å². The number of aromatic nitrogens is 2. The number of benzene rings is 2. The Bertz CT molecular complexity index is 1280. The van der Waals surface area contributed by atoms with Gasteiger partial charge in [0.05, 0.1) is 23.4 Å². The van der Waals surface area contributed by atoms with E-state index < -0.39 is 0 Å². The number of hydrogen-bond donors (Lipinski definition) is 0. The third-order valence-electron chi connectivity index (χ3n) is 5.86. The first-order valence-electron chi connectivity index (χ1n) is 11.3. The summed E-state index contributed by atoms with van der Waals surface area (Å²) in [5, 5.41) is 5.38. The van der Waals surface area contributed by atoms with Gasteiger partial charge in [-0.1, -0.05) is 58.4 Å². The molecule has 7 nitrogen and oxygen atoms in total. The number of carbonyl (C=O) groups excluding carboxylic acids is 1. The average molecular weight is 497 g/mol. The van der Waals surface area contributed by atoms with E-state index in [1.54, 1.807) is 11.0 Å². The Hall–Kier alpha value is -2.78. The van der Waals surface area contributed by atoms with Crippen molar-refractivity contribution in [1.29, 1.82) is 0 Å². The molecule has 0 aliphatic carbocycles. The number of fused-ring (bicyclic) bond motifs is 1. The molecule has 2 aromatic carbocycles. The summed E-state index contributed by atoms with van der Waals surface area (Å²) >= 11 is 7.73. The van der Waals surface area contributed by atoms with Crippen LogP contribution in [0.25, 0.3) is 21.5 Å². The molecule has 1 saturated heterocycles. The lowest BCUT2D eigenvalue weighted by Crippen LogP contribution is -2.39. The minimum Gasteiger partial charge on any atom is -0.379 e. The number of hydrogen-bond acceptors (Lipinski definition) is 7. The van der Waals surface area contributed by atoms with Gasteiger partial charge in [-0.05, 0) is 31.0 Å². The topological polar surface area (TPSA) is 71.7 Å². The van der Waals surface area contributed by atoms with E-state index in [1.165, 1.54) is 11.3 Å². The minimum absolute atomic E-state index is 0.226. The fourth-order valence-corrected chi connectivity index (χ4v) is 5.52. The van der Waals surface area contributed by atoms with Gasteiger partial charge in [0, 0.05) is 42.8 Å². The molecular weight excluding hydrogens is 472 g/mol. The SMILES string of the molecule is Cc1cc(Cl)cc2sc(N(CCCN3CCOCC3)C(=O)c3cc(-c4ccccc4)on3)nc12. The third-order valence-corrected chi connectivity index (χ3v) is 7.11. The van der Waals surface area contributed by atoms with E-state index >= 15 is 0 Å². The van der Waals surface area contributed by atoms with Crippen molar-refractivity contribution in [3.63, 3.8) is 0 Å². The molecule has 0 unspecified atom stereocenters. The zero-order valence-corrected chi connectivity index (χ0v) is 20.4. The summed E-state index contributed by atoms with van der Waals surface area (Å²) in [4.78, 5) is 22.5. The molecule has 1 amide bonds. The second-order valence-corrected chi connectivity index (χ2v) is 9.72. The first-order chi connectivity index (χ1) is 16.6. The summed E-state index contributed by atoms with van der Waals surface area (Å²) < 4.78 is 11.9. The normalized spacial score (nSPS) is 14.5. The second-order valence-electron chi connectivity index (χ2n) is 8.27. The molecule has 0 N–H and O–H groups in total. The third kappa shape index (κ3) is 5.00. The Kier molecular flexibility index (Phi) is 6.92. The number of morpholine rings is 1. The number of nitrogens with zero attached hydrogens (tertiary/aromatic N) is 4. The quantitative estimate of drug-likeness (QED) is 0.346. The molecule has 0 spiro atoms. The Labute approximate surface area is 206 Å². The largest absolute Gasteiger partial charge is 0.379 e. The van der Waals surface area contributed by atoms with Crippen LogP contribution >= 0.6 is 22.9 Å². The van der Waals surface area contributed by atoms with Gasteiger partial charge in [0.15, 0.2) is 16.6 Å². The van der Waals surface area contributed by atoms with Crippen LogP contribution in [0.5, 0.6) is 0 Å². The van der Waals surface area contributed by atoms with Crippen molar-refractivity contribution in [3.05, 3.63) is 64.8 Å². The van der Waals surface area contributed by atoms with E-state index in [4.69, 9.17) is 25.8 Å². The van der Waals surface area contributed by atoms with Crippen molar-refractivity contribution >= 4 is 44.2 Å². The summed E-state index contributed by atoms with van der Waals surface area (Å²) in [5.41, 5.74) is 2.98. The summed E-state index contributed by atoms with van der Waals surface area (Å²) in [6.45, 7) is 6.72. The van der Waals surface area contributed by atoms with Crippen LogP contribution in [0.15, 0.2) is 53.1 Å². The van der Waals surface area contributed by atoms with Crippen molar-refractivity contribution in [3.8, 4) is 11.3 Å². The molecule has 0 atom stereocenters. The first kappa shape index (κ1) is 23.0. The molecular formula is C25H25ClN4O3S. The summed E-state index contributed by atoms with van der Waals surface area (Å²) in [6, 6.07) is 15.1. The van der Waals surface area contributed by atoms with Crippen LogP contribution in [0.4, 0.5) is 5.13 Å². The van der Waals surface area contributed by atoms with Gasteiger partial charge in [0.1, 0.15) is 0 Å². The number of ether oxygens (including phenoxy) is 1. The molecule has 4 aromatic rings. The number of rotatable bonds is 7. The lowest BCUT2D eigenvalue weighted by Gasteiger charge is -2.27. The maximum atomic E-state index is 13.6. The van der Waals surface area contributed by atoms with E-state index in [0.717, 1.165) is 60.6 Å². The molecule has 9 heteroatoms. The summed E-state index contributed by atoms with van der Waals surface area (Å²) in [7, 11) is 0. The highest BCUT2D eigenvalue weighted by Gasteiger charge is 2.25. The fourth-order valence-electron chi connectivity index (χ4n) is 4.07. The second kappa shape index (κ2) is 10.2. The Morgan fingerprint density at radius 3 is 2.76 bits per heavy atom. The molecule has 3 heterocycles. The molecule has 5 rings (SSSR count). The minimum atomic E-state index is -0.226.